The van der Waals surface area contributed by atoms with Crippen LogP contribution in [0, 0.1) is 0 Å². The highest BCUT2D eigenvalue weighted by atomic mass is 32.2. The molecular formula is C12H16N4S. The molecule has 2 aromatic heterocycles. The minimum Gasteiger partial charge on any atom is -0.373 e. The van der Waals surface area contributed by atoms with Gasteiger partial charge in [0.25, 0.3) is 0 Å². The molecule has 5 heteroatoms. The molecule has 1 aliphatic heterocycles. The number of anilines is 1. The van der Waals surface area contributed by atoms with E-state index >= 15 is 0 Å². The SMILES string of the molecule is CNc1ccc2[nH]c(C3(C)CCCS3)nc2n1. The van der Waals surface area contributed by atoms with Gasteiger partial charge in [-0.2, -0.15) is 0 Å². The summed E-state index contributed by atoms with van der Waals surface area (Å²) in [5.74, 6) is 3.15. The van der Waals surface area contributed by atoms with Crippen molar-refractivity contribution in [3.63, 3.8) is 0 Å². The molecule has 2 aromatic rings. The van der Waals surface area contributed by atoms with Crippen molar-refractivity contribution < 1.29 is 0 Å². The number of rotatable bonds is 2. The zero-order valence-corrected chi connectivity index (χ0v) is 10.9. The van der Waals surface area contributed by atoms with Gasteiger partial charge in [0.15, 0.2) is 5.65 Å². The summed E-state index contributed by atoms with van der Waals surface area (Å²) in [4.78, 5) is 12.5. The Kier molecular flexibility index (Phi) is 2.50. The fraction of sp³-hybridized carbons (Fsp3) is 0.500. The van der Waals surface area contributed by atoms with Crippen LogP contribution in [0.2, 0.25) is 0 Å². The van der Waals surface area contributed by atoms with E-state index in [0.29, 0.717) is 0 Å². The van der Waals surface area contributed by atoms with Crippen LogP contribution in [0.5, 0.6) is 0 Å². The van der Waals surface area contributed by atoms with Gasteiger partial charge in [0.1, 0.15) is 11.6 Å². The monoisotopic (exact) mass is 248 g/mol. The number of nitrogens with zero attached hydrogens (tertiary/aromatic N) is 2. The van der Waals surface area contributed by atoms with Crippen molar-refractivity contribution in [1.29, 1.82) is 0 Å². The molecule has 0 amide bonds. The molecule has 1 unspecified atom stereocenters. The third kappa shape index (κ3) is 1.78. The molecule has 1 aliphatic rings. The Balaban J connectivity index is 2.07. The van der Waals surface area contributed by atoms with Crippen molar-refractivity contribution in [3.8, 4) is 0 Å². The van der Waals surface area contributed by atoms with E-state index in [2.05, 4.69) is 27.2 Å². The fourth-order valence-corrected chi connectivity index (χ4v) is 3.51. The van der Waals surface area contributed by atoms with E-state index in [4.69, 9.17) is 0 Å². The molecule has 0 aliphatic carbocycles. The van der Waals surface area contributed by atoms with Gasteiger partial charge in [-0.3, -0.25) is 0 Å². The molecule has 17 heavy (non-hydrogen) atoms. The molecule has 0 bridgehead atoms. The molecule has 1 fully saturated rings. The van der Waals surface area contributed by atoms with Crippen LogP contribution >= 0.6 is 11.8 Å². The summed E-state index contributed by atoms with van der Waals surface area (Å²) in [7, 11) is 1.87. The highest BCUT2D eigenvalue weighted by molar-refractivity contribution is 8.00. The molecular weight excluding hydrogens is 232 g/mol. The maximum Gasteiger partial charge on any atom is 0.179 e. The van der Waals surface area contributed by atoms with Gasteiger partial charge in [0, 0.05) is 7.05 Å². The lowest BCUT2D eigenvalue weighted by molar-refractivity contribution is 0.614. The summed E-state index contributed by atoms with van der Waals surface area (Å²) in [5, 5.41) is 3.04. The molecule has 0 spiro atoms. The van der Waals surface area contributed by atoms with Crippen molar-refractivity contribution in [2.45, 2.75) is 24.5 Å². The number of fused-ring (bicyclic) bond motifs is 1. The smallest absolute Gasteiger partial charge is 0.179 e. The summed E-state index contributed by atoms with van der Waals surface area (Å²) < 4.78 is 0.139. The Hall–Kier alpha value is -1.23. The third-order valence-electron chi connectivity index (χ3n) is 3.32. The number of thioether (sulfide) groups is 1. The van der Waals surface area contributed by atoms with E-state index < -0.39 is 0 Å². The lowest BCUT2D eigenvalue weighted by atomic mass is 10.1. The topological polar surface area (TPSA) is 53.6 Å². The van der Waals surface area contributed by atoms with Crippen LogP contribution in [0.4, 0.5) is 5.82 Å². The van der Waals surface area contributed by atoms with E-state index in [-0.39, 0.29) is 4.75 Å². The number of nitrogens with one attached hydrogen (secondary N) is 2. The molecule has 1 saturated heterocycles. The van der Waals surface area contributed by atoms with Gasteiger partial charge in [0.05, 0.1) is 10.3 Å². The number of aromatic amines is 1. The number of hydrogen-bond donors (Lipinski definition) is 2. The Morgan fingerprint density at radius 2 is 2.29 bits per heavy atom. The lowest BCUT2D eigenvalue weighted by Gasteiger charge is -2.18. The van der Waals surface area contributed by atoms with Gasteiger partial charge >= 0.3 is 0 Å². The van der Waals surface area contributed by atoms with Crippen LogP contribution in [-0.2, 0) is 4.75 Å². The number of hydrogen-bond acceptors (Lipinski definition) is 4. The van der Waals surface area contributed by atoms with Crippen LogP contribution < -0.4 is 5.32 Å². The van der Waals surface area contributed by atoms with Crippen molar-refractivity contribution in [3.05, 3.63) is 18.0 Å². The van der Waals surface area contributed by atoms with Gasteiger partial charge in [-0.15, -0.1) is 11.8 Å². The predicted octanol–water partition coefficient (Wildman–Crippen LogP) is 2.74. The van der Waals surface area contributed by atoms with E-state index in [1.807, 2.05) is 30.9 Å². The van der Waals surface area contributed by atoms with E-state index in [1.54, 1.807) is 0 Å². The Labute approximate surface area is 105 Å². The second-order valence-electron chi connectivity index (χ2n) is 4.59. The molecule has 0 aromatic carbocycles. The van der Waals surface area contributed by atoms with Crippen LogP contribution in [0.3, 0.4) is 0 Å². The van der Waals surface area contributed by atoms with Crippen LogP contribution in [0.25, 0.3) is 11.2 Å². The van der Waals surface area contributed by atoms with Crippen LogP contribution in [-0.4, -0.2) is 27.8 Å². The molecule has 0 radical (unpaired) electrons. The zero-order valence-electron chi connectivity index (χ0n) is 10.1. The zero-order chi connectivity index (χ0) is 11.9. The Morgan fingerprint density at radius 3 is 3.00 bits per heavy atom. The highest BCUT2D eigenvalue weighted by Crippen LogP contribution is 2.45. The third-order valence-corrected chi connectivity index (χ3v) is 4.85. The first-order valence-corrected chi connectivity index (χ1v) is 6.89. The van der Waals surface area contributed by atoms with E-state index in [9.17, 15) is 0 Å². The van der Waals surface area contributed by atoms with Crippen molar-refractivity contribution in [1.82, 2.24) is 15.0 Å². The van der Waals surface area contributed by atoms with Crippen molar-refractivity contribution in [2.75, 3.05) is 18.1 Å². The summed E-state index contributed by atoms with van der Waals surface area (Å²) in [6, 6.07) is 4.00. The van der Waals surface area contributed by atoms with E-state index in [0.717, 1.165) is 22.8 Å². The number of imidazole rings is 1. The first-order valence-electron chi connectivity index (χ1n) is 5.90. The Morgan fingerprint density at radius 1 is 1.41 bits per heavy atom. The molecule has 2 N–H and O–H groups in total. The molecule has 3 heterocycles. The largest absolute Gasteiger partial charge is 0.373 e. The first-order chi connectivity index (χ1) is 8.21. The normalized spacial score (nSPS) is 24.4. The summed E-state index contributed by atoms with van der Waals surface area (Å²) in [5.41, 5.74) is 1.83. The summed E-state index contributed by atoms with van der Waals surface area (Å²) >= 11 is 1.99. The van der Waals surface area contributed by atoms with Gasteiger partial charge in [0.2, 0.25) is 0 Å². The van der Waals surface area contributed by atoms with Crippen molar-refractivity contribution in [2.24, 2.45) is 0 Å². The number of pyridine rings is 1. The van der Waals surface area contributed by atoms with Gasteiger partial charge in [-0.1, -0.05) is 0 Å². The molecule has 1 atom stereocenters. The maximum absolute atomic E-state index is 4.65. The fourth-order valence-electron chi connectivity index (χ4n) is 2.25. The molecule has 4 nitrogen and oxygen atoms in total. The number of aromatic nitrogens is 3. The highest BCUT2D eigenvalue weighted by Gasteiger charge is 2.34. The quantitative estimate of drug-likeness (QED) is 0.858. The van der Waals surface area contributed by atoms with Gasteiger partial charge in [-0.25, -0.2) is 9.97 Å². The second kappa shape index (κ2) is 3.91. The lowest BCUT2D eigenvalue weighted by Crippen LogP contribution is -2.14. The summed E-state index contributed by atoms with van der Waals surface area (Å²) in [6.07, 6.45) is 2.46. The minimum absolute atomic E-state index is 0.139. The second-order valence-corrected chi connectivity index (χ2v) is 6.18. The Bertz CT molecular complexity index is 542. The first kappa shape index (κ1) is 10.9. The maximum atomic E-state index is 4.65. The van der Waals surface area contributed by atoms with Gasteiger partial charge < -0.3 is 10.3 Å². The average Bonchev–Trinajstić information content (AvgIpc) is 2.94. The minimum atomic E-state index is 0.139. The molecule has 0 saturated carbocycles. The molecule has 3 rings (SSSR count). The molecule has 90 valence electrons. The predicted molar refractivity (Wildman–Crippen MR) is 72.5 cm³/mol. The van der Waals surface area contributed by atoms with Crippen LogP contribution in [0.15, 0.2) is 12.1 Å². The number of H-pyrrole nitrogens is 1. The average molecular weight is 248 g/mol. The van der Waals surface area contributed by atoms with Crippen molar-refractivity contribution >= 4 is 28.7 Å². The summed E-state index contributed by atoms with van der Waals surface area (Å²) in [6.45, 7) is 2.27. The van der Waals surface area contributed by atoms with Crippen LogP contribution in [0.1, 0.15) is 25.6 Å². The standard InChI is InChI=1S/C12H16N4S/c1-12(6-3-7-17-12)11-14-8-4-5-9(13-2)15-10(8)16-11/h4-5H,3,6-7H2,1-2H3,(H2,13,14,15,16). The van der Waals surface area contributed by atoms with E-state index in [1.165, 1.54) is 18.6 Å². The van der Waals surface area contributed by atoms with Gasteiger partial charge in [-0.05, 0) is 37.7 Å².